The normalized spacial score (nSPS) is 12.6. The van der Waals surface area contributed by atoms with Gasteiger partial charge in [-0.15, -0.1) is 0 Å². The molecule has 19 heavy (non-hydrogen) atoms. The van der Waals surface area contributed by atoms with Gasteiger partial charge < -0.3 is 19.9 Å². The van der Waals surface area contributed by atoms with Crippen molar-refractivity contribution in [1.82, 2.24) is 0 Å². The summed E-state index contributed by atoms with van der Waals surface area (Å²) in [5.41, 5.74) is -1.85. The van der Waals surface area contributed by atoms with Crippen molar-refractivity contribution in [2.45, 2.75) is 38.9 Å². The Kier molecular flexibility index (Phi) is 4.81. The van der Waals surface area contributed by atoms with Gasteiger partial charge in [-0.1, -0.05) is 23.2 Å². The Labute approximate surface area is 123 Å². The Balaban J connectivity index is 3.00. The Morgan fingerprint density at radius 2 is 1.53 bits per heavy atom. The molecular weight excluding hydrogens is 290 g/mol. The van der Waals surface area contributed by atoms with E-state index in [9.17, 15) is 15.2 Å². The van der Waals surface area contributed by atoms with E-state index in [1.165, 1.54) is 12.1 Å². The molecule has 4 nitrogen and oxygen atoms in total. The summed E-state index contributed by atoms with van der Waals surface area (Å²) < 4.78 is 5.44. The second-order valence-corrected chi connectivity index (χ2v) is 6.19. The van der Waals surface area contributed by atoms with Crippen LogP contribution in [0.5, 0.6) is 5.75 Å². The van der Waals surface area contributed by atoms with Crippen LogP contribution in [0.15, 0.2) is 12.1 Å². The number of phenols is 1. The van der Waals surface area contributed by atoms with Gasteiger partial charge >= 0.3 is 7.12 Å². The zero-order valence-electron chi connectivity index (χ0n) is 11.2. The van der Waals surface area contributed by atoms with Crippen molar-refractivity contribution in [3.8, 4) is 5.75 Å². The van der Waals surface area contributed by atoms with Crippen LogP contribution in [0.4, 0.5) is 0 Å². The van der Waals surface area contributed by atoms with Crippen molar-refractivity contribution >= 4 is 35.8 Å². The molecule has 1 rings (SSSR count). The minimum atomic E-state index is -1.32. The van der Waals surface area contributed by atoms with Gasteiger partial charge in [-0.3, -0.25) is 0 Å². The first kappa shape index (κ1) is 16.6. The second-order valence-electron chi connectivity index (χ2n) is 5.37. The van der Waals surface area contributed by atoms with Crippen molar-refractivity contribution in [2.75, 3.05) is 0 Å². The summed E-state index contributed by atoms with van der Waals surface area (Å²) in [6.45, 7) is 6.46. The fourth-order valence-corrected chi connectivity index (χ4v) is 1.72. The molecule has 7 heteroatoms. The fraction of sp³-hybridized carbons (Fsp3) is 0.500. The molecular formula is C12H17BCl2O4. The highest BCUT2D eigenvalue weighted by molar-refractivity contribution is 6.61. The van der Waals surface area contributed by atoms with Crippen molar-refractivity contribution in [1.29, 1.82) is 0 Å². The van der Waals surface area contributed by atoms with Crippen LogP contribution in [-0.4, -0.2) is 33.6 Å². The molecule has 0 aliphatic heterocycles. The lowest BCUT2D eigenvalue weighted by Gasteiger charge is -2.38. The Hall–Kier alpha value is -0.455. The van der Waals surface area contributed by atoms with E-state index < -0.39 is 18.3 Å². The first-order valence-electron chi connectivity index (χ1n) is 5.72. The van der Waals surface area contributed by atoms with Crippen LogP contribution in [0, 0.1) is 0 Å². The van der Waals surface area contributed by atoms with Gasteiger partial charge in [-0.05, 0) is 45.3 Å². The number of phenolic OH excluding ortho intramolecular Hbond substituents is 1. The molecule has 0 aromatic heterocycles. The van der Waals surface area contributed by atoms with E-state index >= 15 is 0 Å². The standard InChI is InChI=1S/C12H17BCl2O4/c1-11(2,17)12(3,4)19-13(18)7-5-8(14)10(16)9(15)6-7/h5-6,16-18H,1-4H3. The van der Waals surface area contributed by atoms with E-state index in [1.807, 2.05) is 0 Å². The van der Waals surface area contributed by atoms with Gasteiger partial charge in [0.1, 0.15) is 0 Å². The molecule has 1 aromatic rings. The number of halogens is 2. The molecule has 0 amide bonds. The number of aromatic hydroxyl groups is 1. The quantitative estimate of drug-likeness (QED) is 0.744. The molecule has 0 bridgehead atoms. The SMILES string of the molecule is CC(C)(O)C(C)(C)OB(O)c1cc(Cl)c(O)c(Cl)c1. The van der Waals surface area contributed by atoms with Gasteiger partial charge in [0, 0.05) is 0 Å². The summed E-state index contributed by atoms with van der Waals surface area (Å²) in [5, 5.41) is 29.5. The Morgan fingerprint density at radius 3 is 1.89 bits per heavy atom. The molecule has 0 saturated carbocycles. The Bertz CT molecular complexity index is 448. The molecule has 0 aliphatic carbocycles. The number of hydrogen-bond acceptors (Lipinski definition) is 4. The van der Waals surface area contributed by atoms with Crippen LogP contribution in [0.1, 0.15) is 27.7 Å². The smallest absolute Gasteiger partial charge is 0.491 e. The minimum Gasteiger partial charge on any atom is -0.505 e. The summed E-state index contributed by atoms with van der Waals surface area (Å²) in [6.07, 6.45) is 0. The number of hydrogen-bond donors (Lipinski definition) is 3. The molecule has 0 atom stereocenters. The van der Waals surface area contributed by atoms with Gasteiger partial charge in [0.25, 0.3) is 0 Å². The molecule has 3 N–H and O–H groups in total. The summed E-state index contributed by atoms with van der Waals surface area (Å²) in [6, 6.07) is 2.71. The highest BCUT2D eigenvalue weighted by Gasteiger charge is 2.39. The molecule has 0 radical (unpaired) electrons. The third-order valence-electron chi connectivity index (χ3n) is 3.20. The van der Waals surface area contributed by atoms with Gasteiger partial charge in [-0.25, -0.2) is 0 Å². The third-order valence-corrected chi connectivity index (χ3v) is 3.78. The molecule has 0 unspecified atom stereocenters. The van der Waals surface area contributed by atoms with Crippen LogP contribution in [-0.2, 0) is 4.65 Å². The predicted octanol–water partition coefficient (Wildman–Crippen LogP) is 1.95. The van der Waals surface area contributed by atoms with Crippen molar-refractivity contribution < 1.29 is 19.9 Å². The van der Waals surface area contributed by atoms with Crippen LogP contribution in [0.2, 0.25) is 10.0 Å². The summed E-state index contributed by atoms with van der Waals surface area (Å²) in [5.74, 6) is -0.249. The minimum absolute atomic E-state index is 0.0196. The van der Waals surface area contributed by atoms with Crippen molar-refractivity contribution in [3.05, 3.63) is 22.2 Å². The number of aliphatic hydroxyl groups is 1. The third kappa shape index (κ3) is 3.77. The maximum absolute atomic E-state index is 10.0. The number of benzene rings is 1. The van der Waals surface area contributed by atoms with E-state index in [-0.39, 0.29) is 15.8 Å². The summed E-state index contributed by atoms with van der Waals surface area (Å²) >= 11 is 11.5. The van der Waals surface area contributed by atoms with E-state index in [4.69, 9.17) is 27.9 Å². The average Bonchev–Trinajstić information content (AvgIpc) is 2.22. The lowest BCUT2D eigenvalue weighted by molar-refractivity contribution is -0.0982. The van der Waals surface area contributed by atoms with Gasteiger partial charge in [0.05, 0.1) is 21.2 Å². The van der Waals surface area contributed by atoms with Crippen LogP contribution >= 0.6 is 23.2 Å². The first-order valence-corrected chi connectivity index (χ1v) is 6.47. The maximum atomic E-state index is 10.0. The lowest BCUT2D eigenvalue weighted by atomic mass is 9.76. The Morgan fingerprint density at radius 1 is 1.11 bits per heavy atom. The van der Waals surface area contributed by atoms with Gasteiger partial charge in [-0.2, -0.15) is 0 Å². The molecule has 0 spiro atoms. The van der Waals surface area contributed by atoms with E-state index in [1.54, 1.807) is 27.7 Å². The van der Waals surface area contributed by atoms with Crippen LogP contribution in [0.25, 0.3) is 0 Å². The van der Waals surface area contributed by atoms with Crippen molar-refractivity contribution in [2.24, 2.45) is 0 Å². The molecule has 0 saturated heterocycles. The molecule has 106 valence electrons. The largest absolute Gasteiger partial charge is 0.505 e. The van der Waals surface area contributed by atoms with Gasteiger partial charge in [0.15, 0.2) is 5.75 Å². The highest BCUT2D eigenvalue weighted by Crippen LogP contribution is 2.31. The van der Waals surface area contributed by atoms with E-state index in [0.29, 0.717) is 5.46 Å². The molecule has 0 aliphatic rings. The zero-order chi connectivity index (χ0) is 15.0. The van der Waals surface area contributed by atoms with Gasteiger partial charge in [0.2, 0.25) is 0 Å². The highest BCUT2D eigenvalue weighted by atomic mass is 35.5. The van der Waals surface area contributed by atoms with Crippen molar-refractivity contribution in [3.63, 3.8) is 0 Å². The predicted molar refractivity (Wildman–Crippen MR) is 77.2 cm³/mol. The molecule has 0 heterocycles. The second kappa shape index (κ2) is 5.50. The number of rotatable bonds is 4. The molecule has 1 aromatic carbocycles. The first-order chi connectivity index (χ1) is 8.45. The molecule has 0 fully saturated rings. The maximum Gasteiger partial charge on any atom is 0.491 e. The lowest BCUT2D eigenvalue weighted by Crippen LogP contribution is -2.53. The summed E-state index contributed by atoms with van der Waals surface area (Å²) in [4.78, 5) is 0. The summed E-state index contributed by atoms with van der Waals surface area (Å²) in [7, 11) is -1.32. The van der Waals surface area contributed by atoms with Crippen LogP contribution < -0.4 is 5.46 Å². The van der Waals surface area contributed by atoms with E-state index in [2.05, 4.69) is 0 Å². The fourth-order valence-electron chi connectivity index (χ4n) is 1.22. The average molecular weight is 307 g/mol. The van der Waals surface area contributed by atoms with E-state index in [0.717, 1.165) is 0 Å². The monoisotopic (exact) mass is 306 g/mol. The zero-order valence-corrected chi connectivity index (χ0v) is 12.7. The van der Waals surface area contributed by atoms with Crippen LogP contribution in [0.3, 0.4) is 0 Å². The topological polar surface area (TPSA) is 69.9 Å².